The number of anilines is 1. The molecule has 0 fully saturated rings. The van der Waals surface area contributed by atoms with Gasteiger partial charge in [0.05, 0.1) is 4.92 Å². The molecule has 0 amide bonds. The number of nitrogens with two attached hydrogens (primary N) is 1. The smallest absolute Gasteiger partial charge is 0.269 e. The second kappa shape index (κ2) is 5.78. The van der Waals surface area contributed by atoms with Crippen LogP contribution in [0.4, 0.5) is 10.8 Å². The predicted octanol–water partition coefficient (Wildman–Crippen LogP) is 2.46. The molecule has 0 bridgehead atoms. The van der Waals surface area contributed by atoms with Crippen LogP contribution in [0.2, 0.25) is 0 Å². The zero-order chi connectivity index (χ0) is 13.0. The van der Waals surface area contributed by atoms with Gasteiger partial charge in [-0.3, -0.25) is 10.1 Å². The molecule has 6 nitrogen and oxygen atoms in total. The van der Waals surface area contributed by atoms with Gasteiger partial charge in [-0.15, -0.1) is 22.0 Å². The van der Waals surface area contributed by atoms with Crippen molar-refractivity contribution in [3.8, 4) is 0 Å². The standard InChI is InChI=1S/C10H10N4O2S2/c11-10-13-12-9(18-10)6-17-5-7-1-3-8(4-2-7)14(15)16/h1-4H,5-6H2,(H2,11,13). The monoisotopic (exact) mass is 282 g/mol. The van der Waals surface area contributed by atoms with Crippen LogP contribution in [0, 0.1) is 10.1 Å². The van der Waals surface area contributed by atoms with E-state index in [1.165, 1.54) is 23.5 Å². The van der Waals surface area contributed by atoms with Crippen molar-refractivity contribution >= 4 is 33.9 Å². The van der Waals surface area contributed by atoms with Crippen LogP contribution in [0.25, 0.3) is 0 Å². The van der Waals surface area contributed by atoms with E-state index >= 15 is 0 Å². The molecule has 1 aromatic heterocycles. The number of non-ortho nitro benzene ring substituents is 1. The Morgan fingerprint density at radius 1 is 1.28 bits per heavy atom. The highest BCUT2D eigenvalue weighted by Crippen LogP contribution is 2.22. The Kier molecular flexibility index (Phi) is 4.11. The maximum atomic E-state index is 10.5. The van der Waals surface area contributed by atoms with Gasteiger partial charge in [-0.25, -0.2) is 0 Å². The minimum atomic E-state index is -0.402. The fraction of sp³-hybridized carbons (Fsp3) is 0.200. The zero-order valence-electron chi connectivity index (χ0n) is 9.28. The zero-order valence-corrected chi connectivity index (χ0v) is 10.9. The molecule has 1 heterocycles. The van der Waals surface area contributed by atoms with E-state index in [1.54, 1.807) is 23.9 Å². The summed E-state index contributed by atoms with van der Waals surface area (Å²) in [6.07, 6.45) is 0. The van der Waals surface area contributed by atoms with Gasteiger partial charge in [0, 0.05) is 23.6 Å². The van der Waals surface area contributed by atoms with E-state index in [1.807, 2.05) is 0 Å². The average Bonchev–Trinajstić information content (AvgIpc) is 2.76. The van der Waals surface area contributed by atoms with E-state index in [-0.39, 0.29) is 5.69 Å². The van der Waals surface area contributed by atoms with Crippen molar-refractivity contribution in [2.75, 3.05) is 5.73 Å². The van der Waals surface area contributed by atoms with Crippen LogP contribution in [0.3, 0.4) is 0 Å². The second-order valence-electron chi connectivity index (χ2n) is 3.45. The third-order valence-corrected chi connectivity index (χ3v) is 4.07. The summed E-state index contributed by atoms with van der Waals surface area (Å²) in [5.41, 5.74) is 6.63. The summed E-state index contributed by atoms with van der Waals surface area (Å²) in [5, 5.41) is 19.5. The van der Waals surface area contributed by atoms with Crippen molar-refractivity contribution in [3.05, 3.63) is 45.0 Å². The number of nitrogen functional groups attached to an aromatic ring is 1. The van der Waals surface area contributed by atoms with Crippen LogP contribution < -0.4 is 5.73 Å². The first-order chi connectivity index (χ1) is 8.65. The lowest BCUT2D eigenvalue weighted by Gasteiger charge is -1.99. The summed E-state index contributed by atoms with van der Waals surface area (Å²) in [7, 11) is 0. The molecule has 0 atom stereocenters. The fourth-order valence-corrected chi connectivity index (χ4v) is 2.95. The first-order valence-electron chi connectivity index (χ1n) is 5.04. The number of hydrogen-bond donors (Lipinski definition) is 1. The van der Waals surface area contributed by atoms with Gasteiger partial charge in [-0.2, -0.15) is 0 Å². The lowest BCUT2D eigenvalue weighted by Crippen LogP contribution is -1.88. The maximum absolute atomic E-state index is 10.5. The number of benzene rings is 1. The fourth-order valence-electron chi connectivity index (χ4n) is 1.29. The number of aromatic nitrogens is 2. The normalized spacial score (nSPS) is 10.4. The Morgan fingerprint density at radius 3 is 2.56 bits per heavy atom. The van der Waals surface area contributed by atoms with E-state index in [9.17, 15) is 10.1 Å². The molecule has 2 N–H and O–H groups in total. The number of thioether (sulfide) groups is 1. The first kappa shape index (κ1) is 12.8. The molecule has 8 heteroatoms. The van der Waals surface area contributed by atoms with Crippen molar-refractivity contribution in [3.63, 3.8) is 0 Å². The van der Waals surface area contributed by atoms with E-state index in [4.69, 9.17) is 5.73 Å². The van der Waals surface area contributed by atoms with Gasteiger partial charge in [-0.05, 0) is 5.56 Å². The lowest BCUT2D eigenvalue weighted by molar-refractivity contribution is -0.384. The number of rotatable bonds is 5. The minimum absolute atomic E-state index is 0.112. The van der Waals surface area contributed by atoms with Crippen LogP contribution in [-0.2, 0) is 11.5 Å². The summed E-state index contributed by atoms with van der Waals surface area (Å²) < 4.78 is 0. The third-order valence-electron chi connectivity index (χ3n) is 2.12. The van der Waals surface area contributed by atoms with Gasteiger partial charge in [0.15, 0.2) is 0 Å². The summed E-state index contributed by atoms with van der Waals surface area (Å²) >= 11 is 3.04. The molecule has 18 heavy (non-hydrogen) atoms. The van der Waals surface area contributed by atoms with Gasteiger partial charge >= 0.3 is 0 Å². The summed E-state index contributed by atoms with van der Waals surface area (Å²) in [6.45, 7) is 0. The maximum Gasteiger partial charge on any atom is 0.269 e. The molecule has 0 unspecified atom stereocenters. The third kappa shape index (κ3) is 3.41. The Hall–Kier alpha value is -1.67. The molecule has 1 aromatic carbocycles. The van der Waals surface area contributed by atoms with Crippen LogP contribution >= 0.6 is 23.1 Å². The first-order valence-corrected chi connectivity index (χ1v) is 7.01. The van der Waals surface area contributed by atoms with Crippen LogP contribution in [0.1, 0.15) is 10.6 Å². The highest BCUT2D eigenvalue weighted by atomic mass is 32.2. The van der Waals surface area contributed by atoms with Gasteiger partial charge < -0.3 is 5.73 Å². The second-order valence-corrected chi connectivity index (χ2v) is 5.53. The van der Waals surface area contributed by atoms with Crippen molar-refractivity contribution in [2.24, 2.45) is 0 Å². The summed E-state index contributed by atoms with van der Waals surface area (Å²) in [5.74, 6) is 1.52. The molecule has 0 saturated carbocycles. The van der Waals surface area contributed by atoms with E-state index in [0.717, 1.165) is 22.1 Å². The average molecular weight is 282 g/mol. The van der Waals surface area contributed by atoms with Crippen LogP contribution in [0.5, 0.6) is 0 Å². The Morgan fingerprint density at radius 2 is 2.00 bits per heavy atom. The lowest BCUT2D eigenvalue weighted by atomic mass is 10.2. The quantitative estimate of drug-likeness (QED) is 0.668. The molecule has 2 aromatic rings. The number of nitrogens with zero attached hydrogens (tertiary/aromatic N) is 3. The predicted molar refractivity (Wildman–Crippen MR) is 72.4 cm³/mol. The summed E-state index contributed by atoms with van der Waals surface area (Å²) in [4.78, 5) is 10.1. The van der Waals surface area contributed by atoms with Gasteiger partial charge in [0.25, 0.3) is 5.69 Å². The molecule has 0 aliphatic carbocycles. The van der Waals surface area contributed by atoms with Crippen LogP contribution in [0.15, 0.2) is 24.3 Å². The molecule has 94 valence electrons. The highest BCUT2D eigenvalue weighted by molar-refractivity contribution is 7.97. The molecule has 0 radical (unpaired) electrons. The highest BCUT2D eigenvalue weighted by Gasteiger charge is 2.05. The van der Waals surface area contributed by atoms with Crippen LogP contribution in [-0.4, -0.2) is 15.1 Å². The van der Waals surface area contributed by atoms with Gasteiger partial charge in [-0.1, -0.05) is 23.5 Å². The largest absolute Gasteiger partial charge is 0.374 e. The molecule has 0 spiro atoms. The summed E-state index contributed by atoms with van der Waals surface area (Å²) in [6, 6.07) is 6.55. The molecule has 0 aliphatic heterocycles. The topological polar surface area (TPSA) is 94.9 Å². The van der Waals surface area contributed by atoms with Gasteiger partial charge in [0.2, 0.25) is 5.13 Å². The number of nitro groups is 1. The molecule has 0 aliphatic rings. The number of nitro benzene ring substituents is 1. The SMILES string of the molecule is Nc1nnc(CSCc2ccc([N+](=O)[O-])cc2)s1. The minimum Gasteiger partial charge on any atom is -0.374 e. The van der Waals surface area contributed by atoms with Crippen molar-refractivity contribution in [1.29, 1.82) is 0 Å². The van der Waals surface area contributed by atoms with Gasteiger partial charge in [0.1, 0.15) is 5.01 Å². The molecule has 0 saturated heterocycles. The van der Waals surface area contributed by atoms with E-state index in [0.29, 0.717) is 5.13 Å². The Balaban J connectivity index is 1.85. The van der Waals surface area contributed by atoms with E-state index in [2.05, 4.69) is 10.2 Å². The Labute approximate surface area is 111 Å². The Bertz CT molecular complexity index is 541. The molecular weight excluding hydrogens is 272 g/mol. The van der Waals surface area contributed by atoms with Crippen molar-refractivity contribution in [2.45, 2.75) is 11.5 Å². The molecular formula is C10H10N4O2S2. The number of hydrogen-bond acceptors (Lipinski definition) is 7. The van der Waals surface area contributed by atoms with Crippen molar-refractivity contribution in [1.82, 2.24) is 10.2 Å². The van der Waals surface area contributed by atoms with E-state index < -0.39 is 4.92 Å². The molecule has 2 rings (SSSR count). The van der Waals surface area contributed by atoms with Crippen molar-refractivity contribution < 1.29 is 4.92 Å².